The van der Waals surface area contributed by atoms with E-state index in [4.69, 9.17) is 9.72 Å². The van der Waals surface area contributed by atoms with Crippen LogP contribution in [0.5, 0.6) is 11.6 Å². The molecule has 206 valence electrons. The summed E-state index contributed by atoms with van der Waals surface area (Å²) in [6.45, 7) is 5.38. The predicted molar refractivity (Wildman–Crippen MR) is 147 cm³/mol. The van der Waals surface area contributed by atoms with Crippen molar-refractivity contribution in [3.63, 3.8) is 0 Å². The summed E-state index contributed by atoms with van der Waals surface area (Å²) in [4.78, 5) is 18.7. The first-order valence-electron chi connectivity index (χ1n) is 12.2. The molecule has 1 saturated heterocycles. The minimum Gasteiger partial charge on any atom is -0.435 e. The van der Waals surface area contributed by atoms with E-state index in [1.165, 1.54) is 11.3 Å². The molecular weight excluding hydrogens is 551 g/mol. The maximum absolute atomic E-state index is 12.7. The number of nitrogens with one attached hydrogen (secondary N) is 3. The van der Waals surface area contributed by atoms with Crippen molar-refractivity contribution in [2.24, 2.45) is 0 Å². The Morgan fingerprint density at radius 2 is 1.95 bits per heavy atom. The first-order valence-corrected chi connectivity index (χ1v) is 14.4. The Morgan fingerprint density at radius 3 is 2.69 bits per heavy atom. The summed E-state index contributed by atoms with van der Waals surface area (Å²) < 4.78 is 59.0. The van der Waals surface area contributed by atoms with Crippen LogP contribution in [0.4, 0.5) is 24.9 Å². The lowest BCUT2D eigenvalue weighted by molar-refractivity contribution is -0.105. The standard InChI is InChI=1S/C25H26F3N7O2S2/c1-14-20(17-7-3-4-8-18(17)22(31-14)35-39(36)13-25(26,27)28)37-23-21(38-15(2)32-23)19-9-11-30-24(34-19)33-16-6-5-10-29-12-16/h3-4,7-9,11,16,29H,5-6,10,12-13H2,1-2H3,(H,31,35)(H,30,33,34). The van der Waals surface area contributed by atoms with Crippen LogP contribution < -0.4 is 20.1 Å². The van der Waals surface area contributed by atoms with E-state index in [0.717, 1.165) is 30.9 Å². The quantitative estimate of drug-likeness (QED) is 0.257. The number of benzene rings is 1. The number of pyridine rings is 1. The fourth-order valence-corrected chi connectivity index (χ4v) is 5.87. The number of aryl methyl sites for hydroxylation is 2. The van der Waals surface area contributed by atoms with Gasteiger partial charge in [-0.3, -0.25) is 4.72 Å². The second kappa shape index (κ2) is 11.4. The molecule has 2 unspecified atom stereocenters. The third-order valence-corrected chi connectivity index (χ3v) is 7.95. The molecule has 39 heavy (non-hydrogen) atoms. The topological polar surface area (TPSA) is 114 Å². The summed E-state index contributed by atoms with van der Waals surface area (Å²) in [7, 11) is -2.39. The average molecular weight is 578 g/mol. The predicted octanol–water partition coefficient (Wildman–Crippen LogP) is 5.36. The lowest BCUT2D eigenvalue weighted by atomic mass is 10.1. The van der Waals surface area contributed by atoms with Crippen molar-refractivity contribution in [1.29, 1.82) is 0 Å². The zero-order chi connectivity index (χ0) is 27.6. The van der Waals surface area contributed by atoms with Crippen molar-refractivity contribution in [3.8, 4) is 22.2 Å². The monoisotopic (exact) mass is 577 g/mol. The summed E-state index contributed by atoms with van der Waals surface area (Å²) in [6.07, 6.45) is -0.780. The van der Waals surface area contributed by atoms with Gasteiger partial charge in [0.05, 0.1) is 16.4 Å². The van der Waals surface area contributed by atoms with E-state index in [-0.39, 0.29) is 11.9 Å². The number of rotatable bonds is 8. The molecule has 5 rings (SSSR count). The molecule has 1 aliphatic heterocycles. The Balaban J connectivity index is 1.46. The molecule has 1 aliphatic rings. The van der Waals surface area contributed by atoms with Crippen LogP contribution in [0.25, 0.3) is 21.3 Å². The van der Waals surface area contributed by atoms with Crippen LogP contribution >= 0.6 is 11.3 Å². The number of aromatic nitrogens is 4. The number of hydrogen-bond acceptors (Lipinski definition) is 9. The Bertz CT molecular complexity index is 1510. The number of hydrogen-bond donors (Lipinski definition) is 3. The largest absolute Gasteiger partial charge is 0.435 e. The molecule has 0 radical (unpaired) electrons. The van der Waals surface area contributed by atoms with Gasteiger partial charge < -0.3 is 15.4 Å². The van der Waals surface area contributed by atoms with Gasteiger partial charge in [0.2, 0.25) is 11.8 Å². The summed E-state index contributed by atoms with van der Waals surface area (Å²) in [5.74, 6) is -0.169. The van der Waals surface area contributed by atoms with E-state index in [9.17, 15) is 17.4 Å². The summed E-state index contributed by atoms with van der Waals surface area (Å²) in [5.41, 5.74) is 1.04. The van der Waals surface area contributed by atoms with Crippen LogP contribution in [0.1, 0.15) is 23.5 Å². The van der Waals surface area contributed by atoms with Gasteiger partial charge in [0.15, 0.2) is 5.75 Å². The van der Waals surface area contributed by atoms with E-state index in [2.05, 4.69) is 30.3 Å². The van der Waals surface area contributed by atoms with Crippen molar-refractivity contribution in [2.75, 3.05) is 28.9 Å². The molecule has 4 aromatic rings. The molecule has 2 atom stereocenters. The number of alkyl halides is 3. The highest BCUT2D eigenvalue weighted by Gasteiger charge is 2.31. The van der Waals surface area contributed by atoms with Crippen LogP contribution in [0.2, 0.25) is 0 Å². The van der Waals surface area contributed by atoms with Gasteiger partial charge in [-0.25, -0.2) is 24.1 Å². The molecule has 0 amide bonds. The van der Waals surface area contributed by atoms with Gasteiger partial charge in [-0.2, -0.15) is 13.2 Å². The molecule has 0 aliphatic carbocycles. The number of thiazole rings is 1. The first kappa shape index (κ1) is 27.2. The molecule has 4 heterocycles. The number of halogens is 3. The van der Waals surface area contributed by atoms with E-state index < -0.39 is 22.9 Å². The van der Waals surface area contributed by atoms with Crippen molar-refractivity contribution in [2.45, 2.75) is 38.9 Å². The van der Waals surface area contributed by atoms with E-state index in [1.807, 2.05) is 6.92 Å². The molecule has 1 aromatic carbocycles. The Kier molecular flexibility index (Phi) is 7.96. The van der Waals surface area contributed by atoms with Crippen molar-refractivity contribution >= 4 is 44.9 Å². The Labute approximate surface area is 229 Å². The highest BCUT2D eigenvalue weighted by Crippen LogP contribution is 2.41. The summed E-state index contributed by atoms with van der Waals surface area (Å²) >= 11 is 1.42. The summed E-state index contributed by atoms with van der Waals surface area (Å²) in [5, 5.41) is 8.56. The van der Waals surface area contributed by atoms with E-state index in [1.54, 1.807) is 43.5 Å². The SMILES string of the molecule is Cc1nc(Oc2c(C)nc(NS(=O)CC(F)(F)F)c3ccccc23)c(-c2ccnc(NC3CCCNC3)n2)s1. The molecule has 14 heteroatoms. The highest BCUT2D eigenvalue weighted by atomic mass is 32.2. The van der Waals surface area contributed by atoms with Gasteiger partial charge in [-0.05, 0) is 39.3 Å². The van der Waals surface area contributed by atoms with Crippen molar-refractivity contribution in [1.82, 2.24) is 25.3 Å². The molecule has 3 N–H and O–H groups in total. The third kappa shape index (κ3) is 6.62. The maximum Gasteiger partial charge on any atom is 0.402 e. The van der Waals surface area contributed by atoms with Crippen molar-refractivity contribution in [3.05, 3.63) is 47.2 Å². The number of anilines is 2. The smallest absolute Gasteiger partial charge is 0.402 e. The van der Waals surface area contributed by atoms with Gasteiger partial charge in [0, 0.05) is 29.6 Å². The molecule has 3 aromatic heterocycles. The Hall–Kier alpha value is -3.36. The van der Waals surface area contributed by atoms with Crippen molar-refractivity contribution < 1.29 is 22.1 Å². The number of piperidine rings is 1. The van der Waals surface area contributed by atoms with E-state index >= 15 is 0 Å². The molecular formula is C25H26F3N7O2S2. The fraction of sp³-hybridized carbons (Fsp3) is 0.360. The van der Waals surface area contributed by atoms with Gasteiger partial charge >= 0.3 is 6.18 Å². The molecule has 0 bridgehead atoms. The zero-order valence-electron chi connectivity index (χ0n) is 21.1. The molecule has 0 spiro atoms. The summed E-state index contributed by atoms with van der Waals surface area (Å²) in [6, 6.07) is 8.97. The lowest BCUT2D eigenvalue weighted by Crippen LogP contribution is -2.38. The minimum atomic E-state index is -4.58. The first-order chi connectivity index (χ1) is 18.7. The molecule has 9 nitrogen and oxygen atoms in total. The lowest BCUT2D eigenvalue weighted by Gasteiger charge is -2.23. The minimum absolute atomic E-state index is 0.0800. The fourth-order valence-electron chi connectivity index (χ4n) is 4.31. The molecule has 0 saturated carbocycles. The normalized spacial score (nSPS) is 16.7. The van der Waals surface area contributed by atoms with Crippen LogP contribution in [-0.4, -0.2) is 55.2 Å². The van der Waals surface area contributed by atoms with Gasteiger partial charge in [0.25, 0.3) is 0 Å². The van der Waals surface area contributed by atoms with E-state index in [0.29, 0.717) is 44.6 Å². The van der Waals surface area contributed by atoms with Crippen LogP contribution in [0.15, 0.2) is 36.5 Å². The van der Waals surface area contributed by atoms with Crippen LogP contribution in [-0.2, 0) is 11.0 Å². The zero-order valence-corrected chi connectivity index (χ0v) is 22.8. The maximum atomic E-state index is 12.7. The Morgan fingerprint density at radius 1 is 1.15 bits per heavy atom. The van der Waals surface area contributed by atoms with Crippen LogP contribution in [0.3, 0.4) is 0 Å². The second-order valence-corrected chi connectivity index (χ2v) is 11.4. The molecule has 1 fully saturated rings. The second-order valence-electron chi connectivity index (χ2n) is 9.05. The number of ether oxygens (including phenoxy) is 1. The van der Waals surface area contributed by atoms with Gasteiger partial charge in [-0.1, -0.05) is 24.3 Å². The van der Waals surface area contributed by atoms with Crippen LogP contribution in [0, 0.1) is 13.8 Å². The number of fused-ring (bicyclic) bond motifs is 1. The van der Waals surface area contributed by atoms with Gasteiger partial charge in [-0.15, -0.1) is 11.3 Å². The van der Waals surface area contributed by atoms with Gasteiger partial charge in [0.1, 0.15) is 27.4 Å². The highest BCUT2D eigenvalue weighted by molar-refractivity contribution is 7.86. The average Bonchev–Trinajstić information content (AvgIpc) is 3.26. The third-order valence-electron chi connectivity index (χ3n) is 5.96. The number of nitrogens with zero attached hydrogens (tertiary/aromatic N) is 4.